The minimum atomic E-state index is -0.744. The first-order valence-electron chi connectivity index (χ1n) is 8.22. The molecule has 0 aliphatic heterocycles. The van der Waals surface area contributed by atoms with E-state index in [1.807, 2.05) is 42.2 Å². The second-order valence-corrected chi connectivity index (χ2v) is 5.89. The molecule has 138 valence electrons. The van der Waals surface area contributed by atoms with Crippen LogP contribution in [0.3, 0.4) is 0 Å². The lowest BCUT2D eigenvalue weighted by Crippen LogP contribution is -2.37. The van der Waals surface area contributed by atoms with E-state index in [0.29, 0.717) is 0 Å². The number of esters is 1. The molecule has 1 amide bonds. The monoisotopic (exact) mass is 359 g/mol. The van der Waals surface area contributed by atoms with Gasteiger partial charge in [-0.2, -0.15) is 0 Å². The molecule has 1 aromatic carbocycles. The zero-order valence-corrected chi connectivity index (χ0v) is 14.4. The first kappa shape index (κ1) is 19.2. The fraction of sp³-hybridized carbons (Fsp3) is 0.333. The molecular formula is C18H21N3O5. The molecule has 0 aliphatic carbocycles. The molecule has 1 heterocycles. The van der Waals surface area contributed by atoms with Gasteiger partial charge in [0.1, 0.15) is 6.54 Å². The number of rotatable bonds is 8. The minimum absolute atomic E-state index is 0.0665. The van der Waals surface area contributed by atoms with Gasteiger partial charge < -0.3 is 10.1 Å². The second kappa shape index (κ2) is 9.36. The molecule has 0 radical (unpaired) electrons. The van der Waals surface area contributed by atoms with Crippen LogP contribution >= 0.6 is 0 Å². The summed E-state index contributed by atoms with van der Waals surface area (Å²) in [5.41, 5.74) is -0.0803. The zero-order valence-electron chi connectivity index (χ0n) is 14.4. The van der Waals surface area contributed by atoms with Crippen LogP contribution in [-0.2, 0) is 27.3 Å². The Labute approximate surface area is 149 Å². The average Bonchev–Trinajstić information content (AvgIpc) is 2.61. The summed E-state index contributed by atoms with van der Waals surface area (Å²) < 4.78 is 5.84. The average molecular weight is 359 g/mol. The van der Waals surface area contributed by atoms with Gasteiger partial charge in [-0.15, -0.1) is 0 Å². The minimum Gasteiger partial charge on any atom is -0.454 e. The largest absolute Gasteiger partial charge is 0.454 e. The van der Waals surface area contributed by atoms with Gasteiger partial charge in [0.05, 0.1) is 0 Å². The van der Waals surface area contributed by atoms with Crippen LogP contribution in [0.5, 0.6) is 0 Å². The Bertz CT molecular complexity index is 857. The van der Waals surface area contributed by atoms with Crippen LogP contribution < -0.4 is 16.6 Å². The van der Waals surface area contributed by atoms with Crippen molar-refractivity contribution in [3.05, 3.63) is 69.0 Å². The molecule has 1 aromatic heterocycles. The van der Waals surface area contributed by atoms with Crippen molar-refractivity contribution < 1.29 is 14.3 Å². The predicted octanol–water partition coefficient (Wildman–Crippen LogP) is 0.217. The SMILES string of the molecule is C[C@@H](CCc1ccccc1)NC(=O)COC(=O)Cn1ccc(=O)[nH]c1=O. The summed E-state index contributed by atoms with van der Waals surface area (Å²) in [6.07, 6.45) is 2.78. The Hall–Kier alpha value is -3.16. The van der Waals surface area contributed by atoms with E-state index in [4.69, 9.17) is 4.74 Å². The summed E-state index contributed by atoms with van der Waals surface area (Å²) in [6.45, 7) is 1.07. The highest BCUT2D eigenvalue weighted by Crippen LogP contribution is 2.04. The molecular weight excluding hydrogens is 338 g/mol. The van der Waals surface area contributed by atoms with Crippen molar-refractivity contribution in [3.8, 4) is 0 Å². The maximum absolute atomic E-state index is 11.8. The Balaban J connectivity index is 1.71. The highest BCUT2D eigenvalue weighted by atomic mass is 16.5. The Kier molecular flexibility index (Phi) is 6.90. The van der Waals surface area contributed by atoms with Crippen LogP contribution in [0.4, 0.5) is 0 Å². The van der Waals surface area contributed by atoms with Crippen molar-refractivity contribution in [1.29, 1.82) is 0 Å². The van der Waals surface area contributed by atoms with Crippen LogP contribution in [0.25, 0.3) is 0 Å². The van der Waals surface area contributed by atoms with Crippen molar-refractivity contribution in [1.82, 2.24) is 14.9 Å². The molecule has 8 heteroatoms. The third-order valence-corrected chi connectivity index (χ3v) is 3.68. The summed E-state index contributed by atoms with van der Waals surface area (Å²) in [6, 6.07) is 11.0. The normalized spacial score (nSPS) is 11.6. The maximum atomic E-state index is 11.8. The molecule has 0 saturated carbocycles. The highest BCUT2D eigenvalue weighted by molar-refractivity contribution is 5.80. The first-order valence-corrected chi connectivity index (χ1v) is 8.22. The van der Waals surface area contributed by atoms with Gasteiger partial charge in [-0.3, -0.25) is 23.9 Å². The topological polar surface area (TPSA) is 110 Å². The van der Waals surface area contributed by atoms with E-state index >= 15 is 0 Å². The molecule has 8 nitrogen and oxygen atoms in total. The van der Waals surface area contributed by atoms with Crippen LogP contribution in [0.1, 0.15) is 18.9 Å². The molecule has 0 bridgehead atoms. The van der Waals surface area contributed by atoms with E-state index < -0.39 is 29.7 Å². The van der Waals surface area contributed by atoms with Crippen molar-refractivity contribution >= 4 is 11.9 Å². The number of nitrogens with zero attached hydrogens (tertiary/aromatic N) is 1. The van der Waals surface area contributed by atoms with Gasteiger partial charge in [-0.05, 0) is 25.3 Å². The lowest BCUT2D eigenvalue weighted by molar-refractivity contribution is -0.149. The molecule has 0 fully saturated rings. The molecule has 1 atom stereocenters. The van der Waals surface area contributed by atoms with Gasteiger partial charge in [-0.1, -0.05) is 30.3 Å². The number of nitrogens with one attached hydrogen (secondary N) is 2. The zero-order chi connectivity index (χ0) is 18.9. The standard InChI is InChI=1S/C18H21N3O5/c1-13(7-8-14-5-3-2-4-6-14)19-16(23)12-26-17(24)11-21-10-9-15(22)20-18(21)25/h2-6,9-10,13H,7-8,11-12H2,1H3,(H,19,23)(H,20,22,25)/t13-/m0/s1. The number of H-pyrrole nitrogens is 1. The number of ether oxygens (including phenoxy) is 1. The van der Waals surface area contributed by atoms with Gasteiger partial charge >= 0.3 is 11.7 Å². The highest BCUT2D eigenvalue weighted by Gasteiger charge is 2.12. The van der Waals surface area contributed by atoms with Gasteiger partial charge in [0.15, 0.2) is 6.61 Å². The number of benzene rings is 1. The van der Waals surface area contributed by atoms with E-state index in [1.54, 1.807) is 0 Å². The van der Waals surface area contributed by atoms with Crippen molar-refractivity contribution in [2.45, 2.75) is 32.4 Å². The van der Waals surface area contributed by atoms with Crippen molar-refractivity contribution in [2.75, 3.05) is 6.61 Å². The smallest absolute Gasteiger partial charge is 0.328 e. The first-order chi connectivity index (χ1) is 12.4. The second-order valence-electron chi connectivity index (χ2n) is 5.89. The lowest BCUT2D eigenvalue weighted by Gasteiger charge is -2.14. The van der Waals surface area contributed by atoms with Crippen molar-refractivity contribution in [2.24, 2.45) is 0 Å². The number of hydrogen-bond acceptors (Lipinski definition) is 5. The summed E-state index contributed by atoms with van der Waals surface area (Å²) >= 11 is 0. The number of amides is 1. The van der Waals surface area contributed by atoms with E-state index in [-0.39, 0.29) is 12.6 Å². The number of hydrogen-bond donors (Lipinski definition) is 2. The number of aryl methyl sites for hydroxylation is 1. The van der Waals surface area contributed by atoms with E-state index in [9.17, 15) is 19.2 Å². The molecule has 0 aliphatic rings. The number of aromatic nitrogens is 2. The van der Waals surface area contributed by atoms with Crippen molar-refractivity contribution in [3.63, 3.8) is 0 Å². The number of carbonyl (C=O) groups excluding carboxylic acids is 2. The fourth-order valence-electron chi connectivity index (χ4n) is 2.32. The van der Waals surface area contributed by atoms with E-state index in [1.165, 1.54) is 11.8 Å². The number of carbonyl (C=O) groups is 2. The number of aromatic amines is 1. The van der Waals surface area contributed by atoms with Crippen LogP contribution in [0.15, 0.2) is 52.2 Å². The fourth-order valence-corrected chi connectivity index (χ4v) is 2.32. The van der Waals surface area contributed by atoms with Crippen LogP contribution in [-0.4, -0.2) is 34.1 Å². The Morgan fingerprint density at radius 3 is 2.62 bits per heavy atom. The molecule has 0 spiro atoms. The molecule has 2 rings (SSSR count). The molecule has 26 heavy (non-hydrogen) atoms. The van der Waals surface area contributed by atoms with E-state index in [2.05, 4.69) is 5.32 Å². The quantitative estimate of drug-likeness (QED) is 0.655. The summed E-state index contributed by atoms with van der Waals surface area (Å²) in [7, 11) is 0. The van der Waals surface area contributed by atoms with Crippen LogP contribution in [0.2, 0.25) is 0 Å². The third-order valence-electron chi connectivity index (χ3n) is 3.68. The van der Waals surface area contributed by atoms with Gasteiger partial charge in [-0.25, -0.2) is 4.79 Å². The molecule has 0 unspecified atom stereocenters. The maximum Gasteiger partial charge on any atom is 0.328 e. The third kappa shape index (κ3) is 6.39. The summed E-state index contributed by atoms with van der Waals surface area (Å²) in [5.74, 6) is -1.15. The Morgan fingerprint density at radius 1 is 1.19 bits per heavy atom. The Morgan fingerprint density at radius 2 is 1.92 bits per heavy atom. The molecule has 2 aromatic rings. The summed E-state index contributed by atoms with van der Waals surface area (Å²) in [4.78, 5) is 48.0. The van der Waals surface area contributed by atoms with Gasteiger partial charge in [0.25, 0.3) is 11.5 Å². The molecule has 2 N–H and O–H groups in total. The van der Waals surface area contributed by atoms with Gasteiger partial charge in [0, 0.05) is 18.3 Å². The van der Waals surface area contributed by atoms with Crippen LogP contribution in [0, 0.1) is 0 Å². The molecule has 0 saturated heterocycles. The van der Waals surface area contributed by atoms with Gasteiger partial charge in [0.2, 0.25) is 0 Å². The lowest BCUT2D eigenvalue weighted by atomic mass is 10.1. The van der Waals surface area contributed by atoms with E-state index in [0.717, 1.165) is 23.5 Å². The summed E-state index contributed by atoms with van der Waals surface area (Å²) in [5, 5.41) is 2.76. The predicted molar refractivity (Wildman–Crippen MR) is 94.6 cm³/mol.